The number of nitrogens with one attached hydrogen (secondary N) is 1. The molecule has 0 aromatic heterocycles. The lowest BCUT2D eigenvalue weighted by molar-refractivity contribution is 0.471. The molecule has 2 atom stereocenters. The number of thioether (sulfide) groups is 1. The fourth-order valence-corrected chi connectivity index (χ4v) is 2.94. The maximum atomic E-state index is 3.63. The molecular weight excluding hydrogens is 282 g/mol. The molecule has 1 rings (SSSR count). The molecule has 1 aromatic rings. The second-order valence-electron chi connectivity index (χ2n) is 4.09. The van der Waals surface area contributed by atoms with Crippen LogP contribution in [0.25, 0.3) is 0 Å². The summed E-state index contributed by atoms with van der Waals surface area (Å²) in [6.45, 7) is 4.47. The van der Waals surface area contributed by atoms with Crippen molar-refractivity contribution in [3.63, 3.8) is 0 Å². The molecule has 0 aliphatic carbocycles. The topological polar surface area (TPSA) is 12.0 Å². The van der Waals surface area contributed by atoms with E-state index in [0.29, 0.717) is 12.1 Å². The molecule has 3 heteroatoms. The van der Waals surface area contributed by atoms with E-state index in [-0.39, 0.29) is 0 Å². The molecule has 90 valence electrons. The summed E-state index contributed by atoms with van der Waals surface area (Å²) in [7, 11) is 0. The fraction of sp³-hybridized carbons (Fsp3) is 0.538. The van der Waals surface area contributed by atoms with Gasteiger partial charge in [-0.1, -0.05) is 34.1 Å². The van der Waals surface area contributed by atoms with Crippen molar-refractivity contribution in [2.45, 2.75) is 32.4 Å². The summed E-state index contributed by atoms with van der Waals surface area (Å²) in [5.74, 6) is 1.22. The van der Waals surface area contributed by atoms with Gasteiger partial charge in [-0.05, 0) is 43.9 Å². The molecule has 16 heavy (non-hydrogen) atoms. The summed E-state index contributed by atoms with van der Waals surface area (Å²) in [5, 5.41) is 3.63. The highest BCUT2D eigenvalue weighted by molar-refractivity contribution is 9.10. The van der Waals surface area contributed by atoms with E-state index in [4.69, 9.17) is 0 Å². The molecule has 2 unspecified atom stereocenters. The third-order valence-corrected chi connectivity index (χ3v) is 4.03. The highest BCUT2D eigenvalue weighted by Gasteiger charge is 2.11. The molecule has 1 N–H and O–H groups in total. The molecule has 0 spiro atoms. The number of hydrogen-bond acceptors (Lipinski definition) is 2. The van der Waals surface area contributed by atoms with Gasteiger partial charge in [0.05, 0.1) is 0 Å². The molecule has 0 amide bonds. The van der Waals surface area contributed by atoms with E-state index in [9.17, 15) is 0 Å². The molecular formula is C13H20BrNS. The van der Waals surface area contributed by atoms with Crippen LogP contribution in [0, 0.1) is 0 Å². The molecule has 0 saturated carbocycles. The van der Waals surface area contributed by atoms with E-state index in [1.807, 2.05) is 11.8 Å². The van der Waals surface area contributed by atoms with Crippen molar-refractivity contribution in [1.29, 1.82) is 0 Å². The predicted molar refractivity (Wildman–Crippen MR) is 78.2 cm³/mol. The molecule has 0 radical (unpaired) electrons. The van der Waals surface area contributed by atoms with Gasteiger partial charge in [-0.3, -0.25) is 0 Å². The van der Waals surface area contributed by atoms with Gasteiger partial charge in [0, 0.05) is 16.6 Å². The van der Waals surface area contributed by atoms with Gasteiger partial charge in [-0.2, -0.15) is 11.8 Å². The molecule has 0 heterocycles. The van der Waals surface area contributed by atoms with Crippen LogP contribution >= 0.6 is 27.7 Å². The number of benzene rings is 1. The Morgan fingerprint density at radius 2 is 2.00 bits per heavy atom. The van der Waals surface area contributed by atoms with Crippen LogP contribution in [0.4, 0.5) is 0 Å². The van der Waals surface area contributed by atoms with Gasteiger partial charge in [0.15, 0.2) is 0 Å². The number of halogens is 1. The van der Waals surface area contributed by atoms with Crippen LogP contribution < -0.4 is 5.32 Å². The molecule has 1 nitrogen and oxygen atoms in total. The van der Waals surface area contributed by atoms with Gasteiger partial charge < -0.3 is 5.32 Å². The van der Waals surface area contributed by atoms with Gasteiger partial charge >= 0.3 is 0 Å². The summed E-state index contributed by atoms with van der Waals surface area (Å²) in [6, 6.07) is 9.37. The van der Waals surface area contributed by atoms with Crippen LogP contribution in [-0.2, 0) is 0 Å². The quantitative estimate of drug-likeness (QED) is 0.843. The zero-order valence-corrected chi connectivity index (χ0v) is 12.6. The van der Waals surface area contributed by atoms with Crippen molar-refractivity contribution in [2.24, 2.45) is 0 Å². The Kier molecular flexibility index (Phi) is 6.47. The Balaban J connectivity index is 2.52. The smallest absolute Gasteiger partial charge is 0.0305 e. The molecule has 0 fully saturated rings. The zero-order chi connectivity index (χ0) is 12.0. The van der Waals surface area contributed by atoms with Gasteiger partial charge in [0.1, 0.15) is 0 Å². The highest BCUT2D eigenvalue weighted by Crippen LogP contribution is 2.23. The minimum Gasteiger partial charge on any atom is -0.308 e. The summed E-state index contributed by atoms with van der Waals surface area (Å²) >= 11 is 5.50. The van der Waals surface area contributed by atoms with Crippen LogP contribution in [0.5, 0.6) is 0 Å². The van der Waals surface area contributed by atoms with Crippen molar-refractivity contribution in [3.8, 4) is 0 Å². The summed E-state index contributed by atoms with van der Waals surface area (Å²) in [6.07, 6.45) is 3.37. The standard InChI is InChI=1S/C13H20BrNS/c1-10(8-9-16-3)15-11(2)12-6-4-5-7-13(12)14/h4-7,10-11,15H,8-9H2,1-3H3. The maximum absolute atomic E-state index is 3.63. The van der Waals surface area contributed by atoms with Crippen LogP contribution in [0.1, 0.15) is 31.9 Å². The van der Waals surface area contributed by atoms with Crippen molar-refractivity contribution >= 4 is 27.7 Å². The summed E-state index contributed by atoms with van der Waals surface area (Å²) in [5.41, 5.74) is 1.33. The van der Waals surface area contributed by atoms with Crippen LogP contribution in [0.15, 0.2) is 28.7 Å². The van der Waals surface area contributed by atoms with Crippen molar-refractivity contribution in [1.82, 2.24) is 5.32 Å². The van der Waals surface area contributed by atoms with E-state index in [1.54, 1.807) is 0 Å². The van der Waals surface area contributed by atoms with E-state index in [0.717, 1.165) is 0 Å². The first-order valence-corrected chi connectivity index (χ1v) is 7.83. The Labute approximate surface area is 112 Å². The Bertz CT molecular complexity index is 317. The Morgan fingerprint density at radius 1 is 1.31 bits per heavy atom. The second kappa shape index (κ2) is 7.36. The van der Waals surface area contributed by atoms with E-state index in [2.05, 4.69) is 65.6 Å². The maximum Gasteiger partial charge on any atom is 0.0305 e. The monoisotopic (exact) mass is 301 g/mol. The molecule has 0 saturated heterocycles. The molecule has 0 bridgehead atoms. The first-order valence-electron chi connectivity index (χ1n) is 5.64. The normalized spacial score (nSPS) is 14.8. The lowest BCUT2D eigenvalue weighted by Gasteiger charge is -2.21. The van der Waals surface area contributed by atoms with E-state index < -0.39 is 0 Å². The lowest BCUT2D eigenvalue weighted by atomic mass is 10.1. The van der Waals surface area contributed by atoms with Gasteiger partial charge in [-0.15, -0.1) is 0 Å². The van der Waals surface area contributed by atoms with Gasteiger partial charge in [0.2, 0.25) is 0 Å². The summed E-state index contributed by atoms with van der Waals surface area (Å²) < 4.78 is 1.19. The number of rotatable bonds is 6. The SMILES string of the molecule is CSCCC(C)NC(C)c1ccccc1Br. The van der Waals surface area contributed by atoms with Crippen LogP contribution in [-0.4, -0.2) is 18.1 Å². The molecule has 1 aromatic carbocycles. The van der Waals surface area contributed by atoms with Gasteiger partial charge in [0.25, 0.3) is 0 Å². The first kappa shape index (κ1) is 14.1. The average molecular weight is 302 g/mol. The van der Waals surface area contributed by atoms with E-state index in [1.165, 1.54) is 22.2 Å². The average Bonchev–Trinajstić information content (AvgIpc) is 2.26. The third-order valence-electron chi connectivity index (χ3n) is 2.66. The second-order valence-corrected chi connectivity index (χ2v) is 5.93. The highest BCUT2D eigenvalue weighted by atomic mass is 79.9. The minimum absolute atomic E-state index is 0.396. The lowest BCUT2D eigenvalue weighted by Crippen LogP contribution is -2.29. The fourth-order valence-electron chi connectivity index (χ4n) is 1.72. The largest absolute Gasteiger partial charge is 0.308 e. The predicted octanol–water partition coefficient (Wildman–Crippen LogP) is 4.24. The number of hydrogen-bond donors (Lipinski definition) is 1. The minimum atomic E-state index is 0.396. The van der Waals surface area contributed by atoms with Crippen molar-refractivity contribution in [3.05, 3.63) is 34.3 Å². The van der Waals surface area contributed by atoms with Crippen LogP contribution in [0.3, 0.4) is 0 Å². The van der Waals surface area contributed by atoms with Crippen molar-refractivity contribution in [2.75, 3.05) is 12.0 Å². The Morgan fingerprint density at radius 3 is 2.62 bits per heavy atom. The molecule has 0 aliphatic heterocycles. The summed E-state index contributed by atoms with van der Waals surface area (Å²) in [4.78, 5) is 0. The van der Waals surface area contributed by atoms with Crippen molar-refractivity contribution < 1.29 is 0 Å². The van der Waals surface area contributed by atoms with Gasteiger partial charge in [-0.25, -0.2) is 0 Å². The Hall–Kier alpha value is 0.01000. The zero-order valence-electron chi connectivity index (χ0n) is 10.2. The van der Waals surface area contributed by atoms with E-state index >= 15 is 0 Å². The van der Waals surface area contributed by atoms with Crippen LogP contribution in [0.2, 0.25) is 0 Å². The first-order chi connectivity index (χ1) is 7.65. The molecule has 0 aliphatic rings. The third kappa shape index (κ3) is 4.48.